The molecule has 0 saturated heterocycles. The van der Waals surface area contributed by atoms with E-state index in [-0.39, 0.29) is 27.6 Å². The summed E-state index contributed by atoms with van der Waals surface area (Å²) in [6.07, 6.45) is 2.99. The third-order valence-electron chi connectivity index (χ3n) is 3.00. The van der Waals surface area contributed by atoms with Gasteiger partial charge < -0.3 is 15.2 Å². The molecule has 5 nitrogen and oxygen atoms in total. The van der Waals surface area contributed by atoms with Gasteiger partial charge in [-0.25, -0.2) is 4.39 Å². The Balaban J connectivity index is 2.28. The molecule has 0 amide bonds. The molecule has 3 rings (SSSR count). The molecular formula is C14H9ClFN3O2. The number of nitrogen functional groups attached to an aromatic ring is 1. The zero-order chi connectivity index (χ0) is 15.0. The topological polar surface area (TPSA) is 84.9 Å². The maximum Gasteiger partial charge on any atom is 0.230 e. The summed E-state index contributed by atoms with van der Waals surface area (Å²) >= 11 is 6.04. The minimum absolute atomic E-state index is 0.00163. The molecule has 0 spiro atoms. The van der Waals surface area contributed by atoms with E-state index in [9.17, 15) is 9.18 Å². The van der Waals surface area contributed by atoms with E-state index in [1.165, 1.54) is 30.6 Å². The van der Waals surface area contributed by atoms with Crippen LogP contribution >= 0.6 is 11.6 Å². The summed E-state index contributed by atoms with van der Waals surface area (Å²) in [6.45, 7) is 0. The fourth-order valence-corrected chi connectivity index (χ4v) is 2.30. The fourth-order valence-electron chi connectivity index (χ4n) is 2.04. The minimum atomic E-state index is -0.474. The molecule has 3 N–H and O–H groups in total. The van der Waals surface area contributed by atoms with Gasteiger partial charge in [0.1, 0.15) is 11.5 Å². The third kappa shape index (κ3) is 2.30. The maximum atomic E-state index is 13.2. The molecule has 0 radical (unpaired) electrons. The molecule has 0 aliphatic carbocycles. The van der Waals surface area contributed by atoms with Crippen molar-refractivity contribution in [3.63, 3.8) is 0 Å². The van der Waals surface area contributed by atoms with E-state index >= 15 is 0 Å². The molecular weight excluding hydrogens is 297 g/mol. The molecule has 3 aromatic rings. The maximum absolute atomic E-state index is 13.2. The number of nitrogens with zero attached hydrogens (tertiary/aromatic N) is 1. The van der Waals surface area contributed by atoms with Gasteiger partial charge in [0.15, 0.2) is 5.43 Å². The van der Waals surface area contributed by atoms with Crippen LogP contribution in [0.2, 0.25) is 5.02 Å². The largest absolute Gasteiger partial charge is 0.367 e. The Bertz CT molecular complexity index is 873. The molecule has 7 heteroatoms. The Morgan fingerprint density at radius 3 is 2.81 bits per heavy atom. The van der Waals surface area contributed by atoms with Crippen LogP contribution in [-0.4, -0.2) is 10.1 Å². The summed E-state index contributed by atoms with van der Waals surface area (Å²) < 4.78 is 18.1. The number of anilines is 1. The lowest BCUT2D eigenvalue weighted by Crippen LogP contribution is -2.03. The van der Waals surface area contributed by atoms with Crippen molar-refractivity contribution in [1.82, 2.24) is 10.1 Å². The third-order valence-corrected chi connectivity index (χ3v) is 3.31. The first-order chi connectivity index (χ1) is 10.1. The zero-order valence-corrected chi connectivity index (χ0v) is 11.3. The fraction of sp³-hybridized carbons (Fsp3) is 0. The number of aromatic amines is 1. The summed E-state index contributed by atoms with van der Waals surface area (Å²) in [5, 5.41) is 3.97. The summed E-state index contributed by atoms with van der Waals surface area (Å²) in [6, 6.07) is 5.21. The second kappa shape index (κ2) is 5.06. The van der Waals surface area contributed by atoms with Gasteiger partial charge in [-0.1, -0.05) is 16.8 Å². The van der Waals surface area contributed by atoms with Crippen LogP contribution in [0, 0.1) is 5.82 Å². The summed E-state index contributed by atoms with van der Waals surface area (Å²) in [5.41, 5.74) is 6.86. The second-order valence-corrected chi connectivity index (χ2v) is 4.72. The van der Waals surface area contributed by atoms with Crippen LogP contribution in [0.4, 0.5) is 10.3 Å². The Morgan fingerprint density at radius 1 is 1.29 bits per heavy atom. The smallest absolute Gasteiger partial charge is 0.230 e. The van der Waals surface area contributed by atoms with Gasteiger partial charge in [-0.15, -0.1) is 0 Å². The van der Waals surface area contributed by atoms with Crippen molar-refractivity contribution in [3.05, 3.63) is 57.7 Å². The molecule has 0 fully saturated rings. The number of aromatic nitrogens is 2. The van der Waals surface area contributed by atoms with Gasteiger partial charge in [0.25, 0.3) is 0 Å². The number of halogens is 2. The van der Waals surface area contributed by atoms with Crippen LogP contribution in [0.3, 0.4) is 0 Å². The molecule has 0 aliphatic rings. The first-order valence-electron chi connectivity index (χ1n) is 5.96. The van der Waals surface area contributed by atoms with E-state index in [4.69, 9.17) is 21.9 Å². The highest BCUT2D eigenvalue weighted by molar-refractivity contribution is 6.33. The van der Waals surface area contributed by atoms with E-state index in [0.29, 0.717) is 11.1 Å². The molecule has 0 bridgehead atoms. The first-order valence-corrected chi connectivity index (χ1v) is 6.34. The number of H-pyrrole nitrogens is 1. The molecule has 0 aliphatic heterocycles. The van der Waals surface area contributed by atoms with Crippen LogP contribution in [-0.2, 0) is 0 Å². The number of nitrogens with two attached hydrogens (primary N) is 1. The van der Waals surface area contributed by atoms with Gasteiger partial charge in [0.2, 0.25) is 5.88 Å². The van der Waals surface area contributed by atoms with Crippen molar-refractivity contribution < 1.29 is 8.91 Å². The monoisotopic (exact) mass is 305 g/mol. The molecule has 0 atom stereocenters. The average Bonchev–Trinajstić information content (AvgIpc) is 2.81. The normalized spacial score (nSPS) is 10.8. The Hall–Kier alpha value is -2.60. The van der Waals surface area contributed by atoms with Crippen LogP contribution in [0.5, 0.6) is 0 Å². The quantitative estimate of drug-likeness (QED) is 0.762. The van der Waals surface area contributed by atoms with Gasteiger partial charge >= 0.3 is 0 Å². The highest BCUT2D eigenvalue weighted by Crippen LogP contribution is 2.38. The number of benzene rings is 1. The lowest BCUT2D eigenvalue weighted by molar-refractivity contribution is 0.439. The van der Waals surface area contributed by atoms with Crippen molar-refractivity contribution in [2.24, 2.45) is 0 Å². The van der Waals surface area contributed by atoms with Gasteiger partial charge in [0, 0.05) is 24.0 Å². The predicted molar refractivity (Wildman–Crippen MR) is 77.4 cm³/mol. The predicted octanol–water partition coefficient (Wildman–Crippen LogP) is 3.07. The standard InChI is InChI=1S/C14H9ClFN3O2/c15-10-5-7(16)1-2-8(10)12-13(19-21-14(12)17)9-6-18-4-3-11(9)20/h1-6H,17H2,(H,18,20). The average molecular weight is 306 g/mol. The summed E-state index contributed by atoms with van der Waals surface area (Å²) in [4.78, 5) is 14.7. The van der Waals surface area contributed by atoms with E-state index < -0.39 is 5.82 Å². The summed E-state index contributed by atoms with van der Waals surface area (Å²) in [7, 11) is 0. The second-order valence-electron chi connectivity index (χ2n) is 4.32. The van der Waals surface area contributed by atoms with Crippen LogP contribution in [0.15, 0.2) is 46.0 Å². The molecule has 0 saturated carbocycles. The lowest BCUT2D eigenvalue weighted by Gasteiger charge is -2.05. The van der Waals surface area contributed by atoms with Crippen molar-refractivity contribution in [2.45, 2.75) is 0 Å². The van der Waals surface area contributed by atoms with Crippen LogP contribution < -0.4 is 11.2 Å². The number of pyridine rings is 1. The Kier molecular flexibility index (Phi) is 3.23. The molecule has 2 heterocycles. The van der Waals surface area contributed by atoms with E-state index in [2.05, 4.69) is 10.1 Å². The number of nitrogens with one attached hydrogen (secondary N) is 1. The van der Waals surface area contributed by atoms with Gasteiger partial charge in [-0.3, -0.25) is 4.79 Å². The van der Waals surface area contributed by atoms with Crippen molar-refractivity contribution in [2.75, 3.05) is 5.73 Å². The van der Waals surface area contributed by atoms with E-state index in [0.717, 1.165) is 6.07 Å². The van der Waals surface area contributed by atoms with Crippen molar-refractivity contribution in [1.29, 1.82) is 0 Å². The van der Waals surface area contributed by atoms with E-state index in [1.807, 2.05) is 0 Å². The van der Waals surface area contributed by atoms with Gasteiger partial charge in [0.05, 0.1) is 16.1 Å². The summed E-state index contributed by atoms with van der Waals surface area (Å²) in [5.74, 6) is -0.473. The Labute approximate surface area is 123 Å². The lowest BCUT2D eigenvalue weighted by atomic mass is 10.0. The molecule has 21 heavy (non-hydrogen) atoms. The van der Waals surface area contributed by atoms with Crippen LogP contribution in [0.1, 0.15) is 0 Å². The molecule has 1 aromatic carbocycles. The van der Waals surface area contributed by atoms with E-state index in [1.54, 1.807) is 0 Å². The zero-order valence-electron chi connectivity index (χ0n) is 10.6. The van der Waals surface area contributed by atoms with Gasteiger partial charge in [-0.05, 0) is 18.2 Å². The highest BCUT2D eigenvalue weighted by atomic mass is 35.5. The minimum Gasteiger partial charge on any atom is -0.367 e. The molecule has 106 valence electrons. The van der Waals surface area contributed by atoms with Crippen molar-refractivity contribution in [3.8, 4) is 22.4 Å². The molecule has 0 unspecified atom stereocenters. The molecule has 2 aromatic heterocycles. The van der Waals surface area contributed by atoms with Crippen molar-refractivity contribution >= 4 is 17.5 Å². The number of hydrogen-bond donors (Lipinski definition) is 2. The SMILES string of the molecule is Nc1onc(-c2c[nH]ccc2=O)c1-c1ccc(F)cc1Cl. The highest BCUT2D eigenvalue weighted by Gasteiger charge is 2.21. The number of rotatable bonds is 2. The van der Waals surface area contributed by atoms with Crippen LogP contribution in [0.25, 0.3) is 22.4 Å². The number of hydrogen-bond acceptors (Lipinski definition) is 4. The Morgan fingerprint density at radius 2 is 2.10 bits per heavy atom. The first kappa shape index (κ1) is 13.4. The van der Waals surface area contributed by atoms with Gasteiger partial charge in [-0.2, -0.15) is 0 Å².